The van der Waals surface area contributed by atoms with Crippen molar-refractivity contribution in [2.24, 2.45) is 0 Å². The summed E-state index contributed by atoms with van der Waals surface area (Å²) in [6, 6.07) is 17.8. The Bertz CT molecular complexity index is 1410. The van der Waals surface area contributed by atoms with Crippen LogP contribution in [0.15, 0.2) is 75.9 Å². The lowest BCUT2D eigenvalue weighted by Gasteiger charge is -2.25. The van der Waals surface area contributed by atoms with Crippen LogP contribution in [0.2, 0.25) is 0 Å². The molecule has 5 rings (SSSR count). The van der Waals surface area contributed by atoms with Gasteiger partial charge in [0.25, 0.3) is 5.91 Å². The second-order valence-corrected chi connectivity index (χ2v) is 7.73. The first kappa shape index (κ1) is 20.0. The first-order chi connectivity index (χ1) is 15.5. The Morgan fingerprint density at radius 3 is 2.56 bits per heavy atom. The minimum Gasteiger partial charge on any atom is -0.494 e. The number of aryl methyl sites for hydroxylation is 1. The van der Waals surface area contributed by atoms with Crippen LogP contribution in [0.3, 0.4) is 0 Å². The number of halogens is 1. The lowest BCUT2D eigenvalue weighted by atomic mass is 9.98. The average molecular weight is 429 g/mol. The van der Waals surface area contributed by atoms with Crippen LogP contribution in [0.4, 0.5) is 10.1 Å². The maximum absolute atomic E-state index is 13.9. The molecule has 0 spiro atoms. The number of anilines is 1. The molecule has 0 radical (unpaired) electrons. The number of carbonyl (C=O) groups is 1. The van der Waals surface area contributed by atoms with Crippen LogP contribution in [0.1, 0.15) is 40.2 Å². The highest BCUT2D eigenvalue weighted by molar-refractivity contribution is 6.10. The van der Waals surface area contributed by atoms with E-state index in [0.717, 1.165) is 11.6 Å². The van der Waals surface area contributed by atoms with Crippen LogP contribution in [-0.4, -0.2) is 12.5 Å². The van der Waals surface area contributed by atoms with Crippen LogP contribution in [0, 0.1) is 12.7 Å². The maximum atomic E-state index is 13.9. The number of ether oxygens (including phenoxy) is 1. The molecule has 1 amide bonds. The number of hydrogen-bond donors (Lipinski definition) is 0. The van der Waals surface area contributed by atoms with E-state index in [2.05, 4.69) is 0 Å². The number of rotatable bonds is 4. The molecule has 0 fully saturated rings. The van der Waals surface area contributed by atoms with Gasteiger partial charge in [-0.15, -0.1) is 0 Å². The van der Waals surface area contributed by atoms with Gasteiger partial charge in [0.1, 0.15) is 17.1 Å². The first-order valence-corrected chi connectivity index (χ1v) is 10.4. The van der Waals surface area contributed by atoms with Gasteiger partial charge in [0, 0.05) is 5.69 Å². The third kappa shape index (κ3) is 3.15. The fourth-order valence-corrected chi connectivity index (χ4v) is 4.17. The smallest absolute Gasteiger partial charge is 0.295 e. The molecule has 1 aromatic heterocycles. The first-order valence-electron chi connectivity index (χ1n) is 10.4. The standard InChI is InChI=1S/C26H20FNO4/c1-3-31-19-6-4-5-16(13-19)23-22-24(29)20-14-17(27)9-12-21(20)32-25(22)26(30)28(23)18-10-7-15(2)8-11-18/h4-14,23H,3H2,1-2H3. The third-order valence-corrected chi connectivity index (χ3v) is 5.63. The highest BCUT2D eigenvalue weighted by Gasteiger charge is 2.43. The van der Waals surface area contributed by atoms with E-state index in [4.69, 9.17) is 9.15 Å². The van der Waals surface area contributed by atoms with Crippen molar-refractivity contribution in [2.75, 3.05) is 11.5 Å². The highest BCUT2D eigenvalue weighted by atomic mass is 19.1. The van der Waals surface area contributed by atoms with Crippen molar-refractivity contribution in [3.05, 3.63) is 105 Å². The van der Waals surface area contributed by atoms with Crippen LogP contribution in [0.5, 0.6) is 5.75 Å². The van der Waals surface area contributed by atoms with Gasteiger partial charge in [0.2, 0.25) is 5.76 Å². The molecule has 5 nitrogen and oxygen atoms in total. The zero-order valence-electron chi connectivity index (χ0n) is 17.6. The fourth-order valence-electron chi connectivity index (χ4n) is 4.17. The molecule has 6 heteroatoms. The summed E-state index contributed by atoms with van der Waals surface area (Å²) < 4.78 is 25.4. The zero-order valence-corrected chi connectivity index (χ0v) is 17.6. The van der Waals surface area contributed by atoms with Crippen molar-refractivity contribution >= 4 is 22.6 Å². The highest BCUT2D eigenvalue weighted by Crippen LogP contribution is 2.42. The Morgan fingerprint density at radius 1 is 1.03 bits per heavy atom. The van der Waals surface area contributed by atoms with Gasteiger partial charge in [-0.1, -0.05) is 29.8 Å². The summed E-state index contributed by atoms with van der Waals surface area (Å²) in [4.78, 5) is 28.6. The molecule has 4 aromatic rings. The molecule has 2 heterocycles. The number of benzene rings is 3. The minimum absolute atomic E-state index is 0.0264. The van der Waals surface area contributed by atoms with E-state index < -0.39 is 23.2 Å². The normalized spacial score (nSPS) is 15.3. The monoisotopic (exact) mass is 429 g/mol. The molecule has 1 atom stereocenters. The van der Waals surface area contributed by atoms with Crippen molar-refractivity contribution in [3.8, 4) is 5.75 Å². The summed E-state index contributed by atoms with van der Waals surface area (Å²) >= 11 is 0. The number of hydrogen-bond acceptors (Lipinski definition) is 4. The van der Waals surface area contributed by atoms with Crippen molar-refractivity contribution in [3.63, 3.8) is 0 Å². The third-order valence-electron chi connectivity index (χ3n) is 5.63. The second-order valence-electron chi connectivity index (χ2n) is 7.73. The Hall–Kier alpha value is -3.93. The van der Waals surface area contributed by atoms with E-state index in [1.54, 1.807) is 4.90 Å². The average Bonchev–Trinajstić information content (AvgIpc) is 3.08. The molecule has 32 heavy (non-hydrogen) atoms. The van der Waals surface area contributed by atoms with E-state index in [-0.39, 0.29) is 22.3 Å². The van der Waals surface area contributed by atoms with Gasteiger partial charge in [0.05, 0.1) is 23.6 Å². The number of amides is 1. The Morgan fingerprint density at radius 2 is 1.81 bits per heavy atom. The molecule has 0 N–H and O–H groups in total. The summed E-state index contributed by atoms with van der Waals surface area (Å²) in [6.45, 7) is 4.33. The van der Waals surface area contributed by atoms with Crippen LogP contribution >= 0.6 is 0 Å². The number of nitrogens with zero attached hydrogens (tertiary/aromatic N) is 1. The molecule has 3 aromatic carbocycles. The molecule has 0 saturated heterocycles. The maximum Gasteiger partial charge on any atom is 0.295 e. The van der Waals surface area contributed by atoms with E-state index in [9.17, 15) is 14.0 Å². The predicted octanol–water partition coefficient (Wildman–Crippen LogP) is 5.39. The van der Waals surface area contributed by atoms with Gasteiger partial charge in [-0.25, -0.2) is 4.39 Å². The summed E-state index contributed by atoms with van der Waals surface area (Å²) in [7, 11) is 0. The van der Waals surface area contributed by atoms with Crippen LogP contribution in [-0.2, 0) is 0 Å². The van der Waals surface area contributed by atoms with Crippen molar-refractivity contribution in [2.45, 2.75) is 19.9 Å². The van der Waals surface area contributed by atoms with Gasteiger partial charge in [0.15, 0.2) is 5.43 Å². The molecule has 1 aliphatic rings. The minimum atomic E-state index is -0.732. The molecular weight excluding hydrogens is 409 g/mol. The van der Waals surface area contributed by atoms with Crippen molar-refractivity contribution < 1.29 is 18.3 Å². The van der Waals surface area contributed by atoms with Gasteiger partial charge in [-0.3, -0.25) is 14.5 Å². The molecular formula is C26H20FNO4. The second kappa shape index (κ2) is 7.64. The lowest BCUT2D eigenvalue weighted by molar-refractivity contribution is 0.0971. The van der Waals surface area contributed by atoms with Crippen molar-refractivity contribution in [1.82, 2.24) is 0 Å². The van der Waals surface area contributed by atoms with Crippen LogP contribution in [0.25, 0.3) is 11.0 Å². The predicted molar refractivity (Wildman–Crippen MR) is 120 cm³/mol. The van der Waals surface area contributed by atoms with Gasteiger partial charge < -0.3 is 9.15 Å². The molecule has 0 bridgehead atoms. The summed E-state index contributed by atoms with van der Waals surface area (Å²) in [5, 5.41) is 0.105. The SMILES string of the molecule is CCOc1cccc(C2c3c(oc4ccc(F)cc4c3=O)C(=O)N2c2ccc(C)cc2)c1. The zero-order chi connectivity index (χ0) is 22.4. The van der Waals surface area contributed by atoms with Crippen molar-refractivity contribution in [1.29, 1.82) is 0 Å². The largest absolute Gasteiger partial charge is 0.494 e. The van der Waals surface area contributed by atoms with Crippen LogP contribution < -0.4 is 15.1 Å². The Labute approximate surface area is 183 Å². The Balaban J connectivity index is 1.79. The molecule has 0 aliphatic carbocycles. The number of fused-ring (bicyclic) bond motifs is 2. The number of carbonyl (C=O) groups excluding carboxylic acids is 1. The lowest BCUT2D eigenvalue weighted by Crippen LogP contribution is -2.29. The van der Waals surface area contributed by atoms with E-state index >= 15 is 0 Å². The van der Waals surface area contributed by atoms with E-state index in [1.807, 2.05) is 62.4 Å². The fraction of sp³-hybridized carbons (Fsp3) is 0.154. The Kier molecular flexibility index (Phi) is 4.78. The van der Waals surface area contributed by atoms with Gasteiger partial charge in [-0.2, -0.15) is 0 Å². The van der Waals surface area contributed by atoms with E-state index in [0.29, 0.717) is 23.6 Å². The summed E-state index contributed by atoms with van der Waals surface area (Å²) in [5.74, 6) is -0.356. The van der Waals surface area contributed by atoms with Gasteiger partial charge >= 0.3 is 0 Å². The molecule has 0 saturated carbocycles. The molecule has 160 valence electrons. The summed E-state index contributed by atoms with van der Waals surface area (Å²) in [5.41, 5.74) is 2.33. The molecule has 1 aliphatic heterocycles. The van der Waals surface area contributed by atoms with Gasteiger partial charge in [-0.05, 0) is 61.9 Å². The quantitative estimate of drug-likeness (QED) is 0.437. The molecule has 1 unspecified atom stereocenters. The van der Waals surface area contributed by atoms with E-state index in [1.165, 1.54) is 12.1 Å². The topological polar surface area (TPSA) is 59.8 Å². The summed E-state index contributed by atoms with van der Waals surface area (Å²) in [6.07, 6.45) is 0.